The summed E-state index contributed by atoms with van der Waals surface area (Å²) in [5, 5.41) is 11.6. The number of nitrogens with zero attached hydrogens (tertiary/aromatic N) is 1. The molecule has 0 fully saturated rings. The predicted octanol–water partition coefficient (Wildman–Crippen LogP) is 3.57. The van der Waals surface area contributed by atoms with Gasteiger partial charge in [-0.05, 0) is 11.1 Å². The van der Waals surface area contributed by atoms with Gasteiger partial charge in [0.1, 0.15) is 6.61 Å². The van der Waals surface area contributed by atoms with Crippen LogP contribution >= 0.6 is 0 Å². The van der Waals surface area contributed by atoms with Crippen molar-refractivity contribution in [3.8, 4) is 6.07 Å². The van der Waals surface area contributed by atoms with Crippen LogP contribution in [0.5, 0.6) is 0 Å². The van der Waals surface area contributed by atoms with Crippen molar-refractivity contribution in [2.45, 2.75) is 19.1 Å². The van der Waals surface area contributed by atoms with E-state index >= 15 is 0 Å². The molecule has 0 spiro atoms. The summed E-state index contributed by atoms with van der Waals surface area (Å²) in [5.41, 5.74) is 1.81. The van der Waals surface area contributed by atoms with E-state index < -0.39 is 6.09 Å². The van der Waals surface area contributed by atoms with E-state index in [-0.39, 0.29) is 19.1 Å². The Hall–Kier alpha value is -2.80. The van der Waals surface area contributed by atoms with Crippen molar-refractivity contribution in [3.63, 3.8) is 0 Å². The van der Waals surface area contributed by atoms with Crippen LogP contribution in [0.3, 0.4) is 0 Å². The minimum absolute atomic E-state index is 0.199. The molecule has 0 heterocycles. The van der Waals surface area contributed by atoms with Crippen LogP contribution in [0.15, 0.2) is 60.7 Å². The second kappa shape index (κ2) is 7.71. The number of nitrogens with one attached hydrogen (secondary N) is 1. The Morgan fingerprint density at radius 1 is 1.10 bits per heavy atom. The van der Waals surface area contributed by atoms with E-state index in [9.17, 15) is 4.79 Å². The highest BCUT2D eigenvalue weighted by Crippen LogP contribution is 2.16. The fourth-order valence-corrected chi connectivity index (χ4v) is 1.94. The summed E-state index contributed by atoms with van der Waals surface area (Å²) in [4.78, 5) is 11.8. The molecule has 106 valence electrons. The number of benzene rings is 2. The number of amides is 1. The van der Waals surface area contributed by atoms with E-state index in [1.807, 2.05) is 60.7 Å². The van der Waals surface area contributed by atoms with E-state index in [2.05, 4.69) is 11.4 Å². The second-order valence-corrected chi connectivity index (χ2v) is 4.53. The van der Waals surface area contributed by atoms with E-state index in [0.29, 0.717) is 0 Å². The third kappa shape index (κ3) is 4.66. The first-order chi connectivity index (χ1) is 10.3. The van der Waals surface area contributed by atoms with Crippen LogP contribution in [0, 0.1) is 11.3 Å². The zero-order valence-electron chi connectivity index (χ0n) is 11.5. The predicted molar refractivity (Wildman–Crippen MR) is 79.2 cm³/mol. The van der Waals surface area contributed by atoms with Crippen molar-refractivity contribution in [1.29, 1.82) is 5.26 Å². The van der Waals surface area contributed by atoms with Gasteiger partial charge in [0.2, 0.25) is 0 Å². The second-order valence-electron chi connectivity index (χ2n) is 4.53. The quantitative estimate of drug-likeness (QED) is 0.910. The molecule has 2 aromatic carbocycles. The molecular weight excluding hydrogens is 264 g/mol. The van der Waals surface area contributed by atoms with Crippen LogP contribution in [0.25, 0.3) is 0 Å². The summed E-state index contributed by atoms with van der Waals surface area (Å²) in [6, 6.07) is 20.5. The Kier molecular flexibility index (Phi) is 5.36. The Balaban J connectivity index is 1.91. The van der Waals surface area contributed by atoms with E-state index in [1.54, 1.807) is 0 Å². The molecule has 4 nitrogen and oxygen atoms in total. The van der Waals surface area contributed by atoms with Crippen molar-refractivity contribution >= 4 is 6.09 Å². The summed E-state index contributed by atoms with van der Waals surface area (Å²) in [5.74, 6) is 0. The molecule has 0 bridgehead atoms. The maximum atomic E-state index is 11.8. The van der Waals surface area contributed by atoms with Crippen molar-refractivity contribution in [3.05, 3.63) is 71.8 Å². The summed E-state index contributed by atoms with van der Waals surface area (Å²) < 4.78 is 5.17. The van der Waals surface area contributed by atoms with Gasteiger partial charge in [-0.25, -0.2) is 4.79 Å². The molecule has 0 saturated carbocycles. The van der Waals surface area contributed by atoms with Gasteiger partial charge in [-0.3, -0.25) is 0 Å². The number of alkyl carbamates (subject to hydrolysis) is 1. The first kappa shape index (κ1) is 14.6. The Bertz CT molecular complexity index is 606. The molecule has 1 amide bonds. The molecule has 1 N–H and O–H groups in total. The lowest BCUT2D eigenvalue weighted by Gasteiger charge is -2.16. The van der Waals surface area contributed by atoms with Crippen LogP contribution in [0.2, 0.25) is 0 Å². The highest BCUT2D eigenvalue weighted by atomic mass is 16.5. The molecule has 0 unspecified atom stereocenters. The molecule has 4 heteroatoms. The number of hydrogen-bond donors (Lipinski definition) is 1. The molecule has 0 aliphatic carbocycles. The molecule has 0 saturated heterocycles. The largest absolute Gasteiger partial charge is 0.445 e. The summed E-state index contributed by atoms with van der Waals surface area (Å²) in [7, 11) is 0. The van der Waals surface area contributed by atoms with Crippen molar-refractivity contribution in [2.24, 2.45) is 0 Å². The van der Waals surface area contributed by atoms with Gasteiger partial charge in [0.15, 0.2) is 0 Å². The van der Waals surface area contributed by atoms with Gasteiger partial charge in [0.25, 0.3) is 0 Å². The Morgan fingerprint density at radius 2 is 1.71 bits per heavy atom. The first-order valence-corrected chi connectivity index (χ1v) is 6.68. The fourth-order valence-electron chi connectivity index (χ4n) is 1.94. The maximum Gasteiger partial charge on any atom is 0.407 e. The van der Waals surface area contributed by atoms with E-state index in [1.165, 1.54) is 0 Å². The molecule has 2 aromatic rings. The average Bonchev–Trinajstić information content (AvgIpc) is 2.54. The zero-order valence-corrected chi connectivity index (χ0v) is 11.5. The normalized spacial score (nSPS) is 11.2. The van der Waals surface area contributed by atoms with Gasteiger partial charge in [-0.2, -0.15) is 5.26 Å². The number of nitriles is 1. The highest BCUT2D eigenvalue weighted by molar-refractivity contribution is 5.68. The molecule has 0 aliphatic heterocycles. The van der Waals surface area contributed by atoms with Crippen LogP contribution in [-0.4, -0.2) is 6.09 Å². The number of carbonyl (C=O) groups is 1. The minimum Gasteiger partial charge on any atom is -0.445 e. The van der Waals surface area contributed by atoms with Gasteiger partial charge in [0, 0.05) is 0 Å². The standard InChI is InChI=1S/C17H16N2O2/c18-12-11-16(15-9-5-2-6-10-15)19-17(20)21-13-14-7-3-1-4-8-14/h1-10,16H,11,13H2,(H,19,20)/t16-/m0/s1. The highest BCUT2D eigenvalue weighted by Gasteiger charge is 2.14. The van der Waals surface area contributed by atoms with Gasteiger partial charge in [-0.1, -0.05) is 60.7 Å². The molecule has 0 radical (unpaired) electrons. The van der Waals surface area contributed by atoms with Crippen LogP contribution in [0.4, 0.5) is 4.79 Å². The zero-order chi connectivity index (χ0) is 14.9. The van der Waals surface area contributed by atoms with Crippen molar-refractivity contribution < 1.29 is 9.53 Å². The third-order valence-electron chi connectivity index (χ3n) is 3.00. The molecular formula is C17H16N2O2. The van der Waals surface area contributed by atoms with E-state index in [0.717, 1.165) is 11.1 Å². The lowest BCUT2D eigenvalue weighted by molar-refractivity contribution is 0.135. The van der Waals surface area contributed by atoms with Crippen molar-refractivity contribution in [2.75, 3.05) is 0 Å². The van der Waals surface area contributed by atoms with Crippen molar-refractivity contribution in [1.82, 2.24) is 5.32 Å². The molecule has 1 atom stereocenters. The molecule has 21 heavy (non-hydrogen) atoms. The van der Waals surface area contributed by atoms with Crippen LogP contribution in [0.1, 0.15) is 23.6 Å². The van der Waals surface area contributed by atoms with E-state index in [4.69, 9.17) is 10.00 Å². The van der Waals surface area contributed by atoms with Gasteiger partial charge in [-0.15, -0.1) is 0 Å². The van der Waals surface area contributed by atoms with Gasteiger partial charge < -0.3 is 10.1 Å². The average molecular weight is 280 g/mol. The molecule has 0 aliphatic rings. The number of carbonyl (C=O) groups excluding carboxylic acids is 1. The number of ether oxygens (including phenoxy) is 1. The smallest absolute Gasteiger partial charge is 0.407 e. The first-order valence-electron chi connectivity index (χ1n) is 6.68. The third-order valence-corrected chi connectivity index (χ3v) is 3.00. The summed E-state index contributed by atoms with van der Waals surface area (Å²) in [6.07, 6.45) is -0.326. The number of rotatable bonds is 5. The van der Waals surface area contributed by atoms with Crippen LogP contribution < -0.4 is 5.32 Å². The topological polar surface area (TPSA) is 62.1 Å². The molecule has 0 aromatic heterocycles. The van der Waals surface area contributed by atoms with Crippen LogP contribution in [-0.2, 0) is 11.3 Å². The summed E-state index contributed by atoms with van der Waals surface area (Å²) in [6.45, 7) is 0.209. The minimum atomic E-state index is -0.525. The van der Waals surface area contributed by atoms with Gasteiger partial charge in [0.05, 0.1) is 18.5 Å². The van der Waals surface area contributed by atoms with Gasteiger partial charge >= 0.3 is 6.09 Å². The fraction of sp³-hybridized carbons (Fsp3) is 0.176. The summed E-state index contributed by atoms with van der Waals surface area (Å²) >= 11 is 0. The number of hydrogen-bond acceptors (Lipinski definition) is 3. The Labute approximate surface area is 124 Å². The maximum absolute atomic E-state index is 11.8. The Morgan fingerprint density at radius 3 is 2.33 bits per heavy atom. The SMILES string of the molecule is N#CC[C@H](NC(=O)OCc1ccccc1)c1ccccc1. The lowest BCUT2D eigenvalue weighted by Crippen LogP contribution is -2.28. The monoisotopic (exact) mass is 280 g/mol. The molecule has 2 rings (SSSR count). The lowest BCUT2D eigenvalue weighted by atomic mass is 10.1.